The number of nitrogens with zero attached hydrogens (tertiary/aromatic N) is 2. The van der Waals surface area contributed by atoms with Gasteiger partial charge in [0.2, 0.25) is 5.91 Å². The van der Waals surface area contributed by atoms with Gasteiger partial charge in [0.1, 0.15) is 0 Å². The van der Waals surface area contributed by atoms with E-state index in [1.54, 1.807) is 17.0 Å². The van der Waals surface area contributed by atoms with Crippen molar-refractivity contribution in [2.75, 3.05) is 13.2 Å². The number of ether oxygens (including phenoxy) is 1. The van der Waals surface area contributed by atoms with Crippen LogP contribution in [-0.2, 0) is 16.1 Å². The summed E-state index contributed by atoms with van der Waals surface area (Å²) in [6.07, 6.45) is 3.57. The fraction of sp³-hybridized carbons (Fsp3) is 0.500. The number of aromatic nitrogens is 2. The van der Waals surface area contributed by atoms with Crippen LogP contribution >= 0.6 is 0 Å². The average Bonchev–Trinajstić information content (AvgIpc) is 2.56. The van der Waals surface area contributed by atoms with Gasteiger partial charge >= 0.3 is 0 Å². The Morgan fingerprint density at radius 1 is 1.29 bits per heavy atom. The van der Waals surface area contributed by atoms with Gasteiger partial charge in [-0.1, -0.05) is 12.1 Å². The van der Waals surface area contributed by atoms with Crippen molar-refractivity contribution in [1.29, 1.82) is 0 Å². The van der Waals surface area contributed by atoms with E-state index < -0.39 is 0 Å². The number of amides is 1. The van der Waals surface area contributed by atoms with E-state index in [4.69, 9.17) is 4.74 Å². The lowest BCUT2D eigenvalue weighted by molar-refractivity contribution is -0.121. The van der Waals surface area contributed by atoms with E-state index in [0.29, 0.717) is 43.4 Å². The highest BCUT2D eigenvalue weighted by Gasteiger charge is 2.05. The van der Waals surface area contributed by atoms with Crippen LogP contribution in [0.15, 0.2) is 35.4 Å². The fourth-order valence-electron chi connectivity index (χ4n) is 2.38. The van der Waals surface area contributed by atoms with Crippen molar-refractivity contribution in [3.8, 4) is 0 Å². The summed E-state index contributed by atoms with van der Waals surface area (Å²) in [4.78, 5) is 28.4. The van der Waals surface area contributed by atoms with Crippen LogP contribution in [0.1, 0.15) is 33.1 Å². The molecule has 0 bridgehead atoms. The van der Waals surface area contributed by atoms with Crippen LogP contribution in [0.25, 0.3) is 10.9 Å². The van der Waals surface area contributed by atoms with E-state index in [-0.39, 0.29) is 17.6 Å². The maximum absolute atomic E-state index is 12.3. The van der Waals surface area contributed by atoms with Crippen LogP contribution < -0.4 is 10.9 Å². The van der Waals surface area contributed by atoms with Crippen molar-refractivity contribution < 1.29 is 9.53 Å². The number of fused-ring (bicyclic) bond motifs is 1. The minimum Gasteiger partial charge on any atom is -0.379 e. The monoisotopic (exact) mass is 331 g/mol. The highest BCUT2D eigenvalue weighted by Crippen LogP contribution is 2.05. The molecule has 6 heteroatoms. The normalized spacial score (nSPS) is 11.1. The molecular weight excluding hydrogens is 306 g/mol. The predicted molar refractivity (Wildman–Crippen MR) is 94.0 cm³/mol. The Morgan fingerprint density at radius 2 is 2.08 bits per heavy atom. The Labute approximate surface area is 141 Å². The summed E-state index contributed by atoms with van der Waals surface area (Å²) >= 11 is 0. The number of hydrogen-bond acceptors (Lipinski definition) is 4. The van der Waals surface area contributed by atoms with Crippen molar-refractivity contribution in [3.63, 3.8) is 0 Å². The summed E-state index contributed by atoms with van der Waals surface area (Å²) < 4.78 is 6.98. The van der Waals surface area contributed by atoms with Crippen molar-refractivity contribution in [2.45, 2.75) is 45.8 Å². The van der Waals surface area contributed by atoms with Gasteiger partial charge in [-0.2, -0.15) is 0 Å². The quantitative estimate of drug-likeness (QED) is 0.714. The molecule has 1 aromatic heterocycles. The largest absolute Gasteiger partial charge is 0.379 e. The first-order valence-corrected chi connectivity index (χ1v) is 8.40. The SMILES string of the molecule is CC(C)OCCCNC(=O)CCCn1cnc2ccccc2c1=O. The Hall–Kier alpha value is -2.21. The van der Waals surface area contributed by atoms with Crippen molar-refractivity contribution in [1.82, 2.24) is 14.9 Å². The molecule has 1 amide bonds. The molecular formula is C18H25N3O3. The first-order chi connectivity index (χ1) is 11.6. The van der Waals surface area contributed by atoms with Crippen LogP contribution in [0.4, 0.5) is 0 Å². The predicted octanol–water partition coefficient (Wildman–Crippen LogP) is 2.11. The van der Waals surface area contributed by atoms with Crippen LogP contribution in [0.2, 0.25) is 0 Å². The van der Waals surface area contributed by atoms with Gasteiger partial charge in [-0.15, -0.1) is 0 Å². The molecule has 0 aliphatic heterocycles. The van der Waals surface area contributed by atoms with Gasteiger partial charge in [0.05, 0.1) is 23.3 Å². The third kappa shape index (κ3) is 5.45. The van der Waals surface area contributed by atoms with Gasteiger partial charge in [0.15, 0.2) is 0 Å². The minimum atomic E-state index is -0.0631. The standard InChI is InChI=1S/C18H25N3O3/c1-14(2)24-12-6-10-19-17(22)9-5-11-21-13-20-16-8-4-3-7-15(16)18(21)23/h3-4,7-8,13-14H,5-6,9-12H2,1-2H3,(H,19,22). The van der Waals surface area contributed by atoms with Crippen molar-refractivity contribution in [3.05, 3.63) is 40.9 Å². The van der Waals surface area contributed by atoms with Crippen LogP contribution in [0, 0.1) is 0 Å². The maximum atomic E-state index is 12.3. The lowest BCUT2D eigenvalue weighted by Gasteiger charge is -2.09. The molecule has 0 atom stereocenters. The number of carbonyl (C=O) groups is 1. The summed E-state index contributed by atoms with van der Waals surface area (Å²) in [5.74, 6) is 0.00124. The second-order valence-electron chi connectivity index (χ2n) is 5.99. The molecule has 0 aliphatic rings. The molecule has 0 fully saturated rings. The zero-order valence-corrected chi connectivity index (χ0v) is 14.3. The van der Waals surface area contributed by atoms with E-state index in [0.717, 1.165) is 6.42 Å². The fourth-order valence-corrected chi connectivity index (χ4v) is 2.38. The molecule has 130 valence electrons. The summed E-state index contributed by atoms with van der Waals surface area (Å²) in [6, 6.07) is 7.27. The molecule has 1 N–H and O–H groups in total. The highest BCUT2D eigenvalue weighted by molar-refractivity contribution is 5.77. The number of benzene rings is 1. The number of rotatable bonds is 9. The maximum Gasteiger partial charge on any atom is 0.261 e. The Morgan fingerprint density at radius 3 is 2.88 bits per heavy atom. The number of para-hydroxylation sites is 1. The molecule has 6 nitrogen and oxygen atoms in total. The Balaban J connectivity index is 1.73. The third-order valence-electron chi connectivity index (χ3n) is 3.63. The molecule has 1 aromatic carbocycles. The van der Waals surface area contributed by atoms with E-state index in [9.17, 15) is 9.59 Å². The van der Waals surface area contributed by atoms with Gasteiger partial charge < -0.3 is 10.1 Å². The molecule has 24 heavy (non-hydrogen) atoms. The smallest absolute Gasteiger partial charge is 0.261 e. The summed E-state index contributed by atoms with van der Waals surface area (Å²) in [7, 11) is 0. The minimum absolute atomic E-state index is 0.00124. The zero-order chi connectivity index (χ0) is 17.4. The van der Waals surface area contributed by atoms with Crippen LogP contribution in [0.5, 0.6) is 0 Å². The molecule has 0 spiro atoms. The lowest BCUT2D eigenvalue weighted by Crippen LogP contribution is -2.26. The first-order valence-electron chi connectivity index (χ1n) is 8.40. The molecule has 0 saturated carbocycles. The highest BCUT2D eigenvalue weighted by atomic mass is 16.5. The molecule has 0 unspecified atom stereocenters. The topological polar surface area (TPSA) is 73.2 Å². The average molecular weight is 331 g/mol. The number of hydrogen-bond donors (Lipinski definition) is 1. The summed E-state index contributed by atoms with van der Waals surface area (Å²) in [6.45, 7) is 5.73. The van der Waals surface area contributed by atoms with Crippen LogP contribution in [0.3, 0.4) is 0 Å². The van der Waals surface area contributed by atoms with Gasteiger partial charge in [-0.05, 0) is 38.8 Å². The van der Waals surface area contributed by atoms with Crippen molar-refractivity contribution in [2.24, 2.45) is 0 Å². The van der Waals surface area contributed by atoms with E-state index in [1.165, 1.54) is 0 Å². The Kier molecular flexibility index (Phi) is 6.93. The third-order valence-corrected chi connectivity index (χ3v) is 3.63. The van der Waals surface area contributed by atoms with Gasteiger partial charge in [-0.25, -0.2) is 4.98 Å². The molecule has 0 saturated heterocycles. The van der Waals surface area contributed by atoms with E-state index in [2.05, 4.69) is 10.3 Å². The van der Waals surface area contributed by atoms with E-state index >= 15 is 0 Å². The van der Waals surface area contributed by atoms with Crippen molar-refractivity contribution >= 4 is 16.8 Å². The second-order valence-corrected chi connectivity index (χ2v) is 5.99. The summed E-state index contributed by atoms with van der Waals surface area (Å²) in [5.41, 5.74) is 0.631. The second kappa shape index (κ2) is 9.17. The molecule has 2 rings (SSSR count). The van der Waals surface area contributed by atoms with E-state index in [1.807, 2.05) is 32.0 Å². The molecule has 0 aliphatic carbocycles. The molecule has 0 radical (unpaired) electrons. The Bertz CT molecular complexity index is 725. The first kappa shape index (κ1) is 18.1. The van der Waals surface area contributed by atoms with Crippen LogP contribution in [-0.4, -0.2) is 34.7 Å². The van der Waals surface area contributed by atoms with Gasteiger partial charge in [0, 0.05) is 26.1 Å². The number of nitrogens with one attached hydrogen (secondary N) is 1. The summed E-state index contributed by atoms with van der Waals surface area (Å²) in [5, 5.41) is 3.47. The number of aryl methyl sites for hydroxylation is 1. The lowest BCUT2D eigenvalue weighted by atomic mass is 10.2. The molecule has 2 aromatic rings. The molecule has 1 heterocycles. The number of carbonyl (C=O) groups excluding carboxylic acids is 1. The van der Waals surface area contributed by atoms with Gasteiger partial charge in [0.25, 0.3) is 5.56 Å². The zero-order valence-electron chi connectivity index (χ0n) is 14.3. The van der Waals surface area contributed by atoms with Gasteiger partial charge in [-0.3, -0.25) is 14.2 Å².